The van der Waals surface area contributed by atoms with Crippen molar-refractivity contribution in [1.29, 1.82) is 5.26 Å². The maximum absolute atomic E-state index is 10.8. The maximum Gasteiger partial charge on any atom is 0.169 e. The van der Waals surface area contributed by atoms with Crippen LogP contribution in [0, 0.1) is 14.2 Å². The average molecular weight is 277 g/mol. The third kappa shape index (κ3) is 1.79. The van der Waals surface area contributed by atoms with Crippen LogP contribution in [0.25, 0.3) is 0 Å². The molecular weight excluding hydrogens is 273 g/mol. The van der Waals surface area contributed by atoms with Gasteiger partial charge in [-0.1, -0.05) is 0 Å². The average Bonchev–Trinajstić information content (AvgIpc) is 2.31. The van der Waals surface area contributed by atoms with Gasteiger partial charge in [-0.25, -0.2) is 0 Å². The summed E-state index contributed by atoms with van der Waals surface area (Å²) >= 11 is 3.42. The molecule has 0 aromatic carbocycles. The Balaban J connectivity index is 3.18. The normalized spacial score (nSPS) is 9.18. The van der Waals surface area contributed by atoms with Crippen molar-refractivity contribution < 1.29 is 4.79 Å². The first-order valence-corrected chi connectivity index (χ1v) is 4.75. The van der Waals surface area contributed by atoms with Gasteiger partial charge in [0, 0.05) is 0 Å². The van der Waals surface area contributed by atoms with Gasteiger partial charge in [0.05, 0.1) is 13.3 Å². The van der Waals surface area contributed by atoms with Gasteiger partial charge in [-0.3, -0.25) is 4.79 Å². The second-order valence-corrected chi connectivity index (χ2v) is 4.83. The smallest absolute Gasteiger partial charge is 0.169 e. The van der Waals surface area contributed by atoms with E-state index in [2.05, 4.69) is 22.6 Å². The zero-order valence-electron chi connectivity index (χ0n) is 5.72. The lowest BCUT2D eigenvalue weighted by Crippen LogP contribution is -1.83. The molecular formula is C7H4INOS. The summed E-state index contributed by atoms with van der Waals surface area (Å²) in [7, 11) is 0. The number of hydrogen-bond donors (Lipinski definition) is 0. The Morgan fingerprint density at radius 2 is 2.45 bits per heavy atom. The Bertz CT molecular complexity index is 337. The standard InChI is InChI=1S/C7H4INOS/c1-4(10)6-2-5(3-9)7(8)11-6/h2H,1H3. The van der Waals surface area contributed by atoms with Gasteiger partial charge in [0.15, 0.2) is 5.78 Å². The van der Waals surface area contributed by atoms with Gasteiger partial charge >= 0.3 is 0 Å². The predicted octanol–water partition coefficient (Wildman–Crippen LogP) is 2.43. The molecule has 0 radical (unpaired) electrons. The molecule has 2 nitrogen and oxygen atoms in total. The van der Waals surface area contributed by atoms with Crippen LogP contribution in [0.4, 0.5) is 0 Å². The van der Waals surface area contributed by atoms with Crippen LogP contribution in [0.3, 0.4) is 0 Å². The number of thiophene rings is 1. The van der Waals surface area contributed by atoms with Gasteiger partial charge in [-0.2, -0.15) is 5.26 Å². The van der Waals surface area contributed by atoms with Crippen LogP contribution in [0.15, 0.2) is 6.07 Å². The molecule has 0 aliphatic heterocycles. The Morgan fingerprint density at radius 3 is 2.73 bits per heavy atom. The van der Waals surface area contributed by atoms with Crippen LogP contribution in [-0.2, 0) is 0 Å². The van der Waals surface area contributed by atoms with E-state index in [9.17, 15) is 4.79 Å². The van der Waals surface area contributed by atoms with E-state index in [0.29, 0.717) is 10.4 Å². The highest BCUT2D eigenvalue weighted by molar-refractivity contribution is 14.1. The Hall–Kier alpha value is -0.410. The van der Waals surface area contributed by atoms with Gasteiger partial charge < -0.3 is 0 Å². The van der Waals surface area contributed by atoms with Crippen molar-refractivity contribution in [2.45, 2.75) is 6.92 Å². The minimum atomic E-state index is 0.0226. The highest BCUT2D eigenvalue weighted by Crippen LogP contribution is 2.23. The van der Waals surface area contributed by atoms with Crippen LogP contribution in [-0.4, -0.2) is 5.78 Å². The molecule has 56 valence electrons. The zero-order valence-corrected chi connectivity index (χ0v) is 8.69. The summed E-state index contributed by atoms with van der Waals surface area (Å²) < 4.78 is 0.885. The number of nitrogens with zero attached hydrogens (tertiary/aromatic N) is 1. The van der Waals surface area contributed by atoms with Crippen LogP contribution in [0.2, 0.25) is 0 Å². The van der Waals surface area contributed by atoms with E-state index in [1.165, 1.54) is 18.3 Å². The summed E-state index contributed by atoms with van der Waals surface area (Å²) in [5, 5.41) is 8.55. The molecule has 0 aliphatic carbocycles. The zero-order chi connectivity index (χ0) is 8.43. The topological polar surface area (TPSA) is 40.9 Å². The summed E-state index contributed by atoms with van der Waals surface area (Å²) in [5.74, 6) is 0.0226. The summed E-state index contributed by atoms with van der Waals surface area (Å²) in [5.41, 5.74) is 0.598. The molecule has 0 unspecified atom stereocenters. The van der Waals surface area contributed by atoms with Crippen molar-refractivity contribution in [3.05, 3.63) is 19.4 Å². The highest BCUT2D eigenvalue weighted by Gasteiger charge is 2.08. The van der Waals surface area contributed by atoms with E-state index in [-0.39, 0.29) is 5.78 Å². The molecule has 0 bridgehead atoms. The molecule has 0 N–H and O–H groups in total. The van der Waals surface area contributed by atoms with E-state index in [1.807, 2.05) is 6.07 Å². The lowest BCUT2D eigenvalue weighted by Gasteiger charge is -1.80. The number of rotatable bonds is 1. The van der Waals surface area contributed by atoms with E-state index in [4.69, 9.17) is 5.26 Å². The largest absolute Gasteiger partial charge is 0.294 e. The fourth-order valence-corrected chi connectivity index (χ4v) is 2.33. The SMILES string of the molecule is CC(=O)c1cc(C#N)c(I)s1. The lowest BCUT2D eigenvalue weighted by molar-refractivity contribution is 0.102. The van der Waals surface area contributed by atoms with Crippen molar-refractivity contribution in [3.8, 4) is 6.07 Å². The summed E-state index contributed by atoms with van der Waals surface area (Å²) in [6.45, 7) is 1.50. The second kappa shape index (κ2) is 3.32. The third-order valence-corrected chi connectivity index (χ3v) is 3.42. The molecule has 11 heavy (non-hydrogen) atoms. The first-order valence-electron chi connectivity index (χ1n) is 2.85. The molecule has 0 fully saturated rings. The number of carbonyl (C=O) groups excluding carboxylic acids is 1. The molecule has 1 heterocycles. The quantitative estimate of drug-likeness (QED) is 0.584. The number of nitriles is 1. The van der Waals surface area contributed by atoms with E-state index < -0.39 is 0 Å². The van der Waals surface area contributed by atoms with Crippen molar-refractivity contribution in [1.82, 2.24) is 0 Å². The molecule has 0 spiro atoms. The third-order valence-electron chi connectivity index (χ3n) is 1.15. The monoisotopic (exact) mass is 277 g/mol. The van der Waals surface area contributed by atoms with Crippen LogP contribution in [0.5, 0.6) is 0 Å². The van der Waals surface area contributed by atoms with Crippen LogP contribution >= 0.6 is 33.9 Å². The van der Waals surface area contributed by atoms with E-state index >= 15 is 0 Å². The molecule has 0 aliphatic rings. The van der Waals surface area contributed by atoms with E-state index in [0.717, 1.165) is 2.88 Å². The lowest BCUT2D eigenvalue weighted by atomic mass is 10.3. The molecule has 1 aromatic heterocycles. The Kier molecular flexibility index (Phi) is 2.62. The number of carbonyl (C=O) groups is 1. The van der Waals surface area contributed by atoms with Gasteiger partial charge in [-0.05, 0) is 35.6 Å². The molecule has 0 saturated heterocycles. The second-order valence-electron chi connectivity index (χ2n) is 1.97. The molecule has 4 heteroatoms. The minimum absolute atomic E-state index is 0.0226. The van der Waals surface area contributed by atoms with Crippen molar-refractivity contribution in [2.75, 3.05) is 0 Å². The Labute approximate surface area is 82.0 Å². The fourth-order valence-electron chi connectivity index (χ4n) is 0.619. The molecule has 0 atom stereocenters. The van der Waals surface area contributed by atoms with E-state index in [1.54, 1.807) is 6.07 Å². The molecule has 1 rings (SSSR count). The molecule has 0 amide bonds. The highest BCUT2D eigenvalue weighted by atomic mass is 127. The number of Topliss-reactive ketones (excluding diaryl/α,β-unsaturated/α-hetero) is 1. The van der Waals surface area contributed by atoms with Crippen molar-refractivity contribution in [3.63, 3.8) is 0 Å². The van der Waals surface area contributed by atoms with Gasteiger partial charge in [0.25, 0.3) is 0 Å². The first-order chi connectivity index (χ1) is 5.15. The summed E-state index contributed by atoms with van der Waals surface area (Å²) in [6.07, 6.45) is 0. The van der Waals surface area contributed by atoms with Crippen LogP contribution < -0.4 is 0 Å². The van der Waals surface area contributed by atoms with Gasteiger partial charge in [0.2, 0.25) is 0 Å². The minimum Gasteiger partial charge on any atom is -0.294 e. The number of ketones is 1. The van der Waals surface area contributed by atoms with Crippen LogP contribution in [0.1, 0.15) is 22.2 Å². The molecule has 0 saturated carbocycles. The summed E-state index contributed by atoms with van der Waals surface area (Å²) in [6, 6.07) is 3.65. The fraction of sp³-hybridized carbons (Fsp3) is 0.143. The number of halogens is 1. The predicted molar refractivity (Wildman–Crippen MR) is 51.8 cm³/mol. The maximum atomic E-state index is 10.8. The van der Waals surface area contributed by atoms with Gasteiger partial charge in [-0.15, -0.1) is 11.3 Å². The van der Waals surface area contributed by atoms with Gasteiger partial charge in [0.1, 0.15) is 6.07 Å². The summed E-state index contributed by atoms with van der Waals surface area (Å²) in [4.78, 5) is 11.5. The molecule has 1 aromatic rings. The number of hydrogen-bond acceptors (Lipinski definition) is 3. The van der Waals surface area contributed by atoms with Crippen molar-refractivity contribution >= 4 is 39.7 Å². The first kappa shape index (κ1) is 8.68. The van der Waals surface area contributed by atoms with Crippen molar-refractivity contribution in [2.24, 2.45) is 0 Å². The Morgan fingerprint density at radius 1 is 1.82 bits per heavy atom.